The summed E-state index contributed by atoms with van der Waals surface area (Å²) >= 11 is 0. The van der Waals surface area contributed by atoms with E-state index in [2.05, 4.69) is 10.1 Å². The summed E-state index contributed by atoms with van der Waals surface area (Å²) < 4.78 is 77.0. The molecule has 1 saturated heterocycles. The SMILES string of the molecule is O=C(N[C@H]1CCO[C@@H]1C(=O)OC(=O)C(F)(F)C(F)(F)F)OCC1c2ccccc2-c2ccccc21. The van der Waals surface area contributed by atoms with E-state index < -0.39 is 42.3 Å². The van der Waals surface area contributed by atoms with Gasteiger partial charge in [-0.25, -0.2) is 14.4 Å². The number of amides is 1. The Bertz CT molecular complexity index is 1110. The number of hydrogen-bond donors (Lipinski definition) is 1. The van der Waals surface area contributed by atoms with Crippen molar-refractivity contribution >= 4 is 18.0 Å². The minimum absolute atomic E-state index is 0.00775. The summed E-state index contributed by atoms with van der Waals surface area (Å²) in [5.41, 5.74) is 3.92. The third kappa shape index (κ3) is 4.70. The number of alkyl halides is 5. The van der Waals surface area contributed by atoms with Gasteiger partial charge >= 0.3 is 30.1 Å². The van der Waals surface area contributed by atoms with Crippen LogP contribution in [0.5, 0.6) is 0 Å². The maximum atomic E-state index is 13.1. The molecule has 1 aliphatic heterocycles. The molecule has 2 atom stereocenters. The Labute approximate surface area is 195 Å². The molecule has 12 heteroatoms. The van der Waals surface area contributed by atoms with Gasteiger partial charge in [0.1, 0.15) is 6.61 Å². The lowest BCUT2D eigenvalue weighted by Crippen LogP contribution is -2.49. The summed E-state index contributed by atoms with van der Waals surface area (Å²) in [6, 6.07) is 14.0. The summed E-state index contributed by atoms with van der Waals surface area (Å²) in [5.74, 6) is -11.0. The average molecular weight is 499 g/mol. The molecule has 1 N–H and O–H groups in total. The van der Waals surface area contributed by atoms with Gasteiger partial charge in [0.25, 0.3) is 0 Å². The number of halogens is 5. The Morgan fingerprint density at radius 3 is 2.09 bits per heavy atom. The molecule has 4 rings (SSSR count). The zero-order valence-electron chi connectivity index (χ0n) is 17.8. The van der Waals surface area contributed by atoms with Crippen molar-refractivity contribution in [3.05, 3.63) is 59.7 Å². The number of hydrogen-bond acceptors (Lipinski definition) is 6. The van der Waals surface area contributed by atoms with Crippen molar-refractivity contribution in [1.29, 1.82) is 0 Å². The van der Waals surface area contributed by atoms with Crippen LogP contribution in [0.3, 0.4) is 0 Å². The van der Waals surface area contributed by atoms with Crippen LogP contribution in [0, 0.1) is 0 Å². The molecule has 1 amide bonds. The van der Waals surface area contributed by atoms with Gasteiger partial charge in [0.2, 0.25) is 0 Å². The van der Waals surface area contributed by atoms with E-state index >= 15 is 0 Å². The zero-order chi connectivity index (χ0) is 25.4. The molecule has 0 radical (unpaired) electrons. The normalized spacial score (nSPS) is 19.6. The standard InChI is InChI=1S/C23H18F5NO6/c24-22(25,23(26,27)28)20(31)35-19(30)18-17(9-10-33-18)29-21(32)34-11-16-14-7-3-1-5-12(14)13-6-2-4-8-15(13)16/h1-8,16-18H,9-11H2,(H,29,32)/t17-,18-/m0/s1. The molecular weight excluding hydrogens is 481 g/mol. The van der Waals surface area contributed by atoms with E-state index in [0.29, 0.717) is 0 Å². The molecule has 2 aromatic rings. The van der Waals surface area contributed by atoms with Gasteiger partial charge in [0.05, 0.1) is 6.04 Å². The van der Waals surface area contributed by atoms with Gasteiger partial charge in [0.15, 0.2) is 6.10 Å². The van der Waals surface area contributed by atoms with Crippen LogP contribution in [0.25, 0.3) is 11.1 Å². The smallest absolute Gasteiger partial charge is 0.449 e. The van der Waals surface area contributed by atoms with Crippen molar-refractivity contribution in [3.63, 3.8) is 0 Å². The van der Waals surface area contributed by atoms with Crippen LogP contribution in [-0.4, -0.2) is 55.5 Å². The van der Waals surface area contributed by atoms with Crippen molar-refractivity contribution in [3.8, 4) is 11.1 Å². The van der Waals surface area contributed by atoms with E-state index in [1.807, 2.05) is 48.5 Å². The van der Waals surface area contributed by atoms with E-state index in [4.69, 9.17) is 9.47 Å². The fraction of sp³-hybridized carbons (Fsp3) is 0.348. The third-order valence-corrected chi connectivity index (χ3v) is 5.78. The van der Waals surface area contributed by atoms with Crippen LogP contribution in [0.2, 0.25) is 0 Å². The minimum atomic E-state index is -6.24. The summed E-state index contributed by atoms with van der Waals surface area (Å²) in [7, 11) is 0. The number of carbonyl (C=O) groups is 3. The minimum Gasteiger partial charge on any atom is -0.449 e. The number of nitrogens with one attached hydrogen (secondary N) is 1. The molecule has 1 aliphatic carbocycles. The molecule has 0 bridgehead atoms. The first-order chi connectivity index (χ1) is 16.5. The number of carbonyl (C=O) groups excluding carboxylic acids is 3. The Balaban J connectivity index is 1.36. The molecule has 186 valence electrons. The molecule has 2 aromatic carbocycles. The Morgan fingerprint density at radius 2 is 1.51 bits per heavy atom. The first kappa shape index (κ1) is 24.6. The number of benzene rings is 2. The molecule has 0 spiro atoms. The van der Waals surface area contributed by atoms with Crippen LogP contribution in [-0.2, 0) is 23.8 Å². The lowest BCUT2D eigenvalue weighted by Gasteiger charge is -2.21. The number of fused-ring (bicyclic) bond motifs is 3. The van der Waals surface area contributed by atoms with E-state index in [9.17, 15) is 36.3 Å². The number of ether oxygens (including phenoxy) is 3. The highest BCUT2D eigenvalue weighted by atomic mass is 19.4. The molecule has 1 heterocycles. The maximum absolute atomic E-state index is 13.1. The van der Waals surface area contributed by atoms with Gasteiger partial charge in [-0.05, 0) is 28.7 Å². The van der Waals surface area contributed by atoms with Crippen LogP contribution in [0.1, 0.15) is 23.5 Å². The molecular formula is C23H18F5NO6. The average Bonchev–Trinajstić information content (AvgIpc) is 3.39. The van der Waals surface area contributed by atoms with Crippen molar-refractivity contribution in [2.24, 2.45) is 0 Å². The summed E-state index contributed by atoms with van der Waals surface area (Å²) in [5, 5.41) is 2.32. The molecule has 1 fully saturated rings. The quantitative estimate of drug-likeness (QED) is 0.381. The first-order valence-electron chi connectivity index (χ1n) is 10.4. The Hall–Kier alpha value is -3.54. The van der Waals surface area contributed by atoms with Crippen LogP contribution >= 0.6 is 0 Å². The van der Waals surface area contributed by atoms with Crippen LogP contribution < -0.4 is 5.32 Å². The first-order valence-corrected chi connectivity index (χ1v) is 10.4. The van der Waals surface area contributed by atoms with Gasteiger partial charge in [-0.1, -0.05) is 48.5 Å². The topological polar surface area (TPSA) is 90.9 Å². The fourth-order valence-corrected chi connectivity index (χ4v) is 4.09. The highest BCUT2D eigenvalue weighted by molar-refractivity contribution is 5.92. The van der Waals surface area contributed by atoms with Crippen LogP contribution in [0.15, 0.2) is 48.5 Å². The third-order valence-electron chi connectivity index (χ3n) is 5.78. The van der Waals surface area contributed by atoms with Crippen molar-refractivity contribution in [1.82, 2.24) is 5.32 Å². The Kier molecular flexibility index (Phi) is 6.50. The molecule has 7 nitrogen and oxygen atoms in total. The van der Waals surface area contributed by atoms with Crippen molar-refractivity contribution in [2.45, 2.75) is 36.6 Å². The maximum Gasteiger partial charge on any atom is 0.465 e. The highest BCUT2D eigenvalue weighted by Crippen LogP contribution is 2.44. The van der Waals surface area contributed by atoms with Crippen LogP contribution in [0.4, 0.5) is 26.7 Å². The number of esters is 2. The monoisotopic (exact) mass is 499 g/mol. The van der Waals surface area contributed by atoms with Crippen molar-refractivity contribution in [2.75, 3.05) is 13.2 Å². The second-order valence-corrected chi connectivity index (χ2v) is 7.94. The summed E-state index contributed by atoms with van der Waals surface area (Å²) in [4.78, 5) is 35.6. The number of alkyl carbamates (subject to hydrolysis) is 1. The second kappa shape index (κ2) is 9.25. The van der Waals surface area contributed by atoms with E-state index in [1.54, 1.807) is 0 Å². The predicted molar refractivity (Wildman–Crippen MR) is 108 cm³/mol. The van der Waals surface area contributed by atoms with E-state index in [-0.39, 0.29) is 25.6 Å². The fourth-order valence-electron chi connectivity index (χ4n) is 4.09. The molecule has 35 heavy (non-hydrogen) atoms. The second-order valence-electron chi connectivity index (χ2n) is 7.94. The van der Waals surface area contributed by atoms with Gasteiger partial charge in [-0.3, -0.25) is 0 Å². The van der Waals surface area contributed by atoms with Gasteiger partial charge in [-0.15, -0.1) is 0 Å². The predicted octanol–water partition coefficient (Wildman–Crippen LogP) is 3.95. The van der Waals surface area contributed by atoms with Crippen molar-refractivity contribution < 1.29 is 50.5 Å². The zero-order valence-corrected chi connectivity index (χ0v) is 17.8. The van der Waals surface area contributed by atoms with E-state index in [1.165, 1.54) is 0 Å². The van der Waals surface area contributed by atoms with Gasteiger partial charge in [0, 0.05) is 12.5 Å². The molecule has 0 unspecified atom stereocenters. The van der Waals surface area contributed by atoms with Gasteiger partial charge in [-0.2, -0.15) is 22.0 Å². The largest absolute Gasteiger partial charge is 0.465 e. The molecule has 0 aromatic heterocycles. The molecule has 0 saturated carbocycles. The number of rotatable bonds is 5. The van der Waals surface area contributed by atoms with E-state index in [0.717, 1.165) is 22.3 Å². The summed E-state index contributed by atoms with van der Waals surface area (Å²) in [6.45, 7) is -0.198. The highest BCUT2D eigenvalue weighted by Gasteiger charge is 2.65. The summed E-state index contributed by atoms with van der Waals surface area (Å²) in [6.07, 6.45) is -8.95. The lowest BCUT2D eigenvalue weighted by molar-refractivity contribution is -0.279. The van der Waals surface area contributed by atoms with Gasteiger partial charge < -0.3 is 19.5 Å². The molecule has 2 aliphatic rings. The lowest BCUT2D eigenvalue weighted by atomic mass is 9.98. The Morgan fingerprint density at radius 1 is 0.943 bits per heavy atom.